The van der Waals surface area contributed by atoms with Crippen LogP contribution in [0.2, 0.25) is 0 Å². The standard InChI is InChI=1S/C25H31N3O6/c1-17(2)27-22(30)15-25(24(31)26-13-4-14-34-3,20-9-11-21(12-10-20)28(32)33)23(27)19-7-5-18(16-29)6-8-19/h5-12,17,23,29H,4,13-16H2,1-3H3,(H,26,31)/t23-,25-/m1/s1. The molecule has 3 rings (SSSR count). The van der Waals surface area contributed by atoms with Crippen LogP contribution in [0.15, 0.2) is 48.5 Å². The molecule has 0 bridgehead atoms. The van der Waals surface area contributed by atoms with E-state index in [0.29, 0.717) is 30.7 Å². The van der Waals surface area contributed by atoms with Crippen LogP contribution in [0.3, 0.4) is 0 Å². The molecule has 2 N–H and O–H groups in total. The third kappa shape index (κ3) is 4.80. The summed E-state index contributed by atoms with van der Waals surface area (Å²) in [5.41, 5.74) is 0.629. The Balaban J connectivity index is 2.17. The van der Waals surface area contributed by atoms with Crippen molar-refractivity contribution in [2.24, 2.45) is 0 Å². The van der Waals surface area contributed by atoms with E-state index < -0.39 is 16.4 Å². The third-order valence-electron chi connectivity index (χ3n) is 6.31. The number of carbonyl (C=O) groups is 2. The highest BCUT2D eigenvalue weighted by molar-refractivity contribution is 5.98. The second kappa shape index (κ2) is 10.8. The van der Waals surface area contributed by atoms with Crippen LogP contribution in [0.1, 0.15) is 49.4 Å². The zero-order chi connectivity index (χ0) is 24.9. The molecule has 1 saturated heterocycles. The van der Waals surface area contributed by atoms with Crippen molar-refractivity contribution in [3.63, 3.8) is 0 Å². The summed E-state index contributed by atoms with van der Waals surface area (Å²) in [6, 6.07) is 12.2. The Morgan fingerprint density at radius 2 is 1.88 bits per heavy atom. The van der Waals surface area contributed by atoms with Gasteiger partial charge in [0.2, 0.25) is 11.8 Å². The van der Waals surface area contributed by atoms with E-state index in [1.54, 1.807) is 36.3 Å². The molecule has 182 valence electrons. The zero-order valence-electron chi connectivity index (χ0n) is 19.7. The monoisotopic (exact) mass is 469 g/mol. The first-order valence-electron chi connectivity index (χ1n) is 11.3. The van der Waals surface area contributed by atoms with E-state index >= 15 is 0 Å². The molecular formula is C25H31N3O6. The van der Waals surface area contributed by atoms with E-state index in [4.69, 9.17) is 4.74 Å². The summed E-state index contributed by atoms with van der Waals surface area (Å²) in [5.74, 6) is -0.484. The number of likely N-dealkylation sites (tertiary alicyclic amines) is 1. The zero-order valence-corrected chi connectivity index (χ0v) is 19.7. The first-order valence-corrected chi connectivity index (χ1v) is 11.3. The minimum absolute atomic E-state index is 0.0640. The molecule has 0 aliphatic carbocycles. The number of methoxy groups -OCH3 is 1. The maximum absolute atomic E-state index is 13.9. The fourth-order valence-electron chi connectivity index (χ4n) is 4.70. The van der Waals surface area contributed by atoms with Crippen molar-refractivity contribution < 1.29 is 24.4 Å². The fourth-order valence-corrected chi connectivity index (χ4v) is 4.70. The van der Waals surface area contributed by atoms with Gasteiger partial charge in [0.15, 0.2) is 0 Å². The molecule has 1 fully saturated rings. The average Bonchev–Trinajstić information content (AvgIpc) is 3.16. The average molecular weight is 470 g/mol. The molecule has 0 aromatic heterocycles. The number of nitrogens with one attached hydrogen (secondary N) is 1. The van der Waals surface area contributed by atoms with Gasteiger partial charge in [0.25, 0.3) is 5.69 Å². The molecule has 2 aromatic carbocycles. The molecule has 9 heteroatoms. The minimum Gasteiger partial charge on any atom is -0.392 e. The number of ether oxygens (including phenoxy) is 1. The van der Waals surface area contributed by atoms with Crippen LogP contribution in [-0.4, -0.2) is 53.0 Å². The predicted octanol–water partition coefficient (Wildman–Crippen LogP) is 2.86. The largest absolute Gasteiger partial charge is 0.392 e. The van der Waals surface area contributed by atoms with Crippen LogP contribution >= 0.6 is 0 Å². The molecule has 0 radical (unpaired) electrons. The van der Waals surface area contributed by atoms with Crippen LogP contribution < -0.4 is 5.32 Å². The van der Waals surface area contributed by atoms with Gasteiger partial charge in [-0.1, -0.05) is 36.4 Å². The van der Waals surface area contributed by atoms with Crippen LogP contribution in [-0.2, 0) is 26.3 Å². The number of rotatable bonds is 10. The molecule has 1 aliphatic rings. The van der Waals surface area contributed by atoms with Gasteiger partial charge >= 0.3 is 0 Å². The molecule has 9 nitrogen and oxygen atoms in total. The number of aliphatic hydroxyl groups is 1. The second-order valence-corrected chi connectivity index (χ2v) is 8.75. The van der Waals surface area contributed by atoms with Gasteiger partial charge in [0.05, 0.1) is 17.6 Å². The van der Waals surface area contributed by atoms with Crippen molar-refractivity contribution in [3.8, 4) is 0 Å². The second-order valence-electron chi connectivity index (χ2n) is 8.75. The molecule has 2 aromatic rings. The van der Waals surface area contributed by atoms with Crippen molar-refractivity contribution >= 4 is 17.5 Å². The number of carbonyl (C=O) groups excluding carboxylic acids is 2. The Labute approximate surface area is 198 Å². The summed E-state index contributed by atoms with van der Waals surface area (Å²) in [5, 5.41) is 23.7. The van der Waals surface area contributed by atoms with Gasteiger partial charge in [0, 0.05) is 44.9 Å². The summed E-state index contributed by atoms with van der Waals surface area (Å²) in [6.45, 7) is 4.53. The lowest BCUT2D eigenvalue weighted by molar-refractivity contribution is -0.384. The van der Waals surface area contributed by atoms with Crippen LogP contribution in [0, 0.1) is 10.1 Å². The van der Waals surface area contributed by atoms with Crippen LogP contribution in [0.25, 0.3) is 0 Å². The van der Waals surface area contributed by atoms with Crippen molar-refractivity contribution in [3.05, 3.63) is 75.3 Å². The van der Waals surface area contributed by atoms with Gasteiger partial charge < -0.3 is 20.1 Å². The Kier molecular flexibility index (Phi) is 8.01. The van der Waals surface area contributed by atoms with Crippen molar-refractivity contribution in [2.75, 3.05) is 20.3 Å². The number of aliphatic hydroxyl groups excluding tert-OH is 1. The number of non-ortho nitro benzene ring substituents is 1. The molecule has 2 atom stereocenters. The Hall–Kier alpha value is -3.30. The number of benzene rings is 2. The molecule has 1 aliphatic heterocycles. The van der Waals surface area contributed by atoms with Crippen molar-refractivity contribution in [2.45, 2.75) is 50.8 Å². The number of nitro groups is 1. The quantitative estimate of drug-likeness (QED) is 0.313. The molecule has 34 heavy (non-hydrogen) atoms. The normalized spacial score (nSPS) is 20.1. The highest BCUT2D eigenvalue weighted by atomic mass is 16.6. The van der Waals surface area contributed by atoms with Gasteiger partial charge in [-0.2, -0.15) is 0 Å². The number of amides is 2. The molecule has 0 unspecified atom stereocenters. The summed E-state index contributed by atoms with van der Waals surface area (Å²) in [6.07, 6.45) is 0.543. The van der Waals surface area contributed by atoms with E-state index in [2.05, 4.69) is 5.32 Å². The lowest BCUT2D eigenvalue weighted by Gasteiger charge is -2.39. The van der Waals surface area contributed by atoms with Gasteiger partial charge in [-0.25, -0.2) is 0 Å². The molecule has 2 amide bonds. The van der Waals surface area contributed by atoms with Crippen LogP contribution in [0.5, 0.6) is 0 Å². The number of nitro benzene ring substituents is 1. The SMILES string of the molecule is COCCCNC(=O)[C@@]1(c2ccc([N+](=O)[O-])cc2)CC(=O)N(C(C)C)[C@@H]1c1ccc(CO)cc1. The smallest absolute Gasteiger partial charge is 0.269 e. The van der Waals surface area contributed by atoms with Crippen molar-refractivity contribution in [1.29, 1.82) is 0 Å². The van der Waals surface area contributed by atoms with Gasteiger partial charge in [0.1, 0.15) is 5.41 Å². The maximum atomic E-state index is 13.9. The lowest BCUT2D eigenvalue weighted by atomic mass is 9.70. The topological polar surface area (TPSA) is 122 Å². The van der Waals surface area contributed by atoms with Gasteiger partial charge in [-0.15, -0.1) is 0 Å². The highest BCUT2D eigenvalue weighted by Gasteiger charge is 2.58. The Bertz CT molecular complexity index is 1020. The summed E-state index contributed by atoms with van der Waals surface area (Å²) in [7, 11) is 1.59. The predicted molar refractivity (Wildman–Crippen MR) is 126 cm³/mol. The van der Waals surface area contributed by atoms with E-state index in [-0.39, 0.29) is 36.6 Å². The van der Waals surface area contributed by atoms with Crippen molar-refractivity contribution in [1.82, 2.24) is 10.2 Å². The minimum atomic E-state index is -1.29. The first-order chi connectivity index (χ1) is 16.3. The summed E-state index contributed by atoms with van der Waals surface area (Å²) >= 11 is 0. The maximum Gasteiger partial charge on any atom is 0.269 e. The third-order valence-corrected chi connectivity index (χ3v) is 6.31. The highest BCUT2D eigenvalue weighted by Crippen LogP contribution is 2.51. The Morgan fingerprint density at radius 3 is 2.41 bits per heavy atom. The van der Waals surface area contributed by atoms with E-state index in [0.717, 1.165) is 5.56 Å². The van der Waals surface area contributed by atoms with E-state index in [9.17, 15) is 24.8 Å². The van der Waals surface area contributed by atoms with Gasteiger partial charge in [-0.3, -0.25) is 19.7 Å². The molecule has 0 spiro atoms. The van der Waals surface area contributed by atoms with E-state index in [1.807, 2.05) is 26.0 Å². The number of hydrogen-bond donors (Lipinski definition) is 2. The first kappa shape index (κ1) is 25.3. The van der Waals surface area contributed by atoms with Crippen LogP contribution in [0.4, 0.5) is 5.69 Å². The number of nitrogens with zero attached hydrogens (tertiary/aromatic N) is 2. The number of hydrogen-bond acceptors (Lipinski definition) is 6. The van der Waals surface area contributed by atoms with E-state index in [1.165, 1.54) is 12.1 Å². The molecule has 1 heterocycles. The molecular weight excluding hydrogens is 438 g/mol. The summed E-state index contributed by atoms with van der Waals surface area (Å²) < 4.78 is 5.07. The Morgan fingerprint density at radius 1 is 1.24 bits per heavy atom. The molecule has 0 saturated carbocycles. The van der Waals surface area contributed by atoms with Gasteiger partial charge in [-0.05, 0) is 37.0 Å². The fraction of sp³-hybridized carbons (Fsp3) is 0.440. The summed E-state index contributed by atoms with van der Waals surface area (Å²) in [4.78, 5) is 39.7. The lowest BCUT2D eigenvalue weighted by Crippen LogP contribution is -2.49.